The molecule has 3 N–H and O–H groups in total. The number of likely N-dealkylation sites (tertiary alicyclic amines) is 1. The summed E-state index contributed by atoms with van der Waals surface area (Å²) in [6.45, 7) is 9.12. The van der Waals surface area contributed by atoms with Crippen LogP contribution in [0.5, 0.6) is 0 Å². The lowest BCUT2D eigenvalue weighted by molar-refractivity contribution is 0.0523. The van der Waals surface area contributed by atoms with Crippen LogP contribution in [0, 0.1) is 0 Å². The van der Waals surface area contributed by atoms with E-state index in [9.17, 15) is 4.79 Å². The molecule has 5 heteroatoms. The summed E-state index contributed by atoms with van der Waals surface area (Å²) in [6.07, 6.45) is 3.06. The van der Waals surface area contributed by atoms with Gasteiger partial charge in [-0.1, -0.05) is 0 Å². The van der Waals surface area contributed by atoms with E-state index in [1.165, 1.54) is 12.8 Å². The number of nitrogens with zero attached hydrogens (tertiary/aromatic N) is 1. The number of rotatable bonds is 5. The number of hydrogen-bond donors (Lipinski definition) is 2. The van der Waals surface area contributed by atoms with E-state index in [1.54, 1.807) is 0 Å². The van der Waals surface area contributed by atoms with Crippen molar-refractivity contribution in [3.8, 4) is 0 Å². The lowest BCUT2D eigenvalue weighted by atomic mass is 10.2. The summed E-state index contributed by atoms with van der Waals surface area (Å²) in [4.78, 5) is 13.9. The second-order valence-corrected chi connectivity index (χ2v) is 5.85. The van der Waals surface area contributed by atoms with Crippen LogP contribution in [0.4, 0.5) is 4.79 Å². The number of nitrogens with two attached hydrogens (primary N) is 1. The van der Waals surface area contributed by atoms with Crippen molar-refractivity contribution in [2.75, 3.05) is 26.2 Å². The smallest absolute Gasteiger partial charge is 0.407 e. The molecule has 0 bridgehead atoms. The largest absolute Gasteiger partial charge is 0.444 e. The third kappa shape index (κ3) is 5.69. The Morgan fingerprint density at radius 1 is 1.39 bits per heavy atom. The van der Waals surface area contributed by atoms with E-state index in [1.807, 2.05) is 20.8 Å². The van der Waals surface area contributed by atoms with Gasteiger partial charge < -0.3 is 15.8 Å². The second-order valence-electron chi connectivity index (χ2n) is 5.85. The predicted molar refractivity (Wildman–Crippen MR) is 72.5 cm³/mol. The first-order valence-corrected chi connectivity index (χ1v) is 6.83. The quantitative estimate of drug-likeness (QED) is 0.779. The summed E-state index contributed by atoms with van der Waals surface area (Å²) >= 11 is 0. The van der Waals surface area contributed by atoms with Crippen molar-refractivity contribution in [2.24, 2.45) is 5.73 Å². The van der Waals surface area contributed by atoms with E-state index < -0.39 is 5.60 Å². The maximum Gasteiger partial charge on any atom is 0.407 e. The van der Waals surface area contributed by atoms with Crippen molar-refractivity contribution in [3.05, 3.63) is 0 Å². The maximum absolute atomic E-state index is 11.5. The van der Waals surface area contributed by atoms with Crippen LogP contribution in [0.3, 0.4) is 0 Å². The molecule has 1 aliphatic rings. The topological polar surface area (TPSA) is 67.6 Å². The van der Waals surface area contributed by atoms with Crippen LogP contribution in [0.15, 0.2) is 0 Å². The van der Waals surface area contributed by atoms with Gasteiger partial charge in [-0.3, -0.25) is 4.90 Å². The summed E-state index contributed by atoms with van der Waals surface area (Å²) in [6, 6.07) is 0.377. The van der Waals surface area contributed by atoms with Crippen LogP contribution in [0.2, 0.25) is 0 Å². The zero-order chi connectivity index (χ0) is 13.6. The highest BCUT2D eigenvalue weighted by atomic mass is 16.6. The molecule has 1 atom stereocenters. The number of alkyl carbamates (subject to hydrolysis) is 1. The summed E-state index contributed by atoms with van der Waals surface area (Å²) in [7, 11) is 0. The molecule has 5 nitrogen and oxygen atoms in total. The zero-order valence-electron chi connectivity index (χ0n) is 11.9. The number of hydrogen-bond acceptors (Lipinski definition) is 4. The molecular weight excluding hydrogens is 230 g/mol. The molecule has 0 aromatic carbocycles. The predicted octanol–water partition coefficient (Wildman–Crippen LogP) is 1.32. The van der Waals surface area contributed by atoms with Crippen LogP contribution < -0.4 is 11.1 Å². The Morgan fingerprint density at radius 3 is 2.50 bits per heavy atom. The molecule has 1 heterocycles. The van der Waals surface area contributed by atoms with Crippen molar-refractivity contribution in [2.45, 2.75) is 51.7 Å². The van der Waals surface area contributed by atoms with Crippen LogP contribution in [0.1, 0.15) is 40.0 Å². The van der Waals surface area contributed by atoms with Gasteiger partial charge in [-0.05, 0) is 53.1 Å². The van der Waals surface area contributed by atoms with Gasteiger partial charge in [-0.25, -0.2) is 4.79 Å². The van der Waals surface area contributed by atoms with Gasteiger partial charge in [0.15, 0.2) is 0 Å². The average Bonchev–Trinajstić information content (AvgIpc) is 2.75. The Balaban J connectivity index is 2.20. The Kier molecular flexibility index (Phi) is 5.88. The molecule has 0 aromatic heterocycles. The number of carbonyl (C=O) groups excluding carboxylic acids is 1. The standard InChI is InChI=1S/C13H27N3O2/c1-13(2,3)18-12(17)15-7-6-11(10-14)16-8-4-5-9-16/h11H,4-10,14H2,1-3H3,(H,15,17). The van der Waals surface area contributed by atoms with Gasteiger partial charge >= 0.3 is 6.09 Å². The van der Waals surface area contributed by atoms with Crippen molar-refractivity contribution in [1.29, 1.82) is 0 Å². The molecule has 1 amide bonds. The molecule has 1 fully saturated rings. The molecule has 0 aliphatic carbocycles. The van der Waals surface area contributed by atoms with Crippen LogP contribution in [0.25, 0.3) is 0 Å². The van der Waals surface area contributed by atoms with Crippen molar-refractivity contribution in [3.63, 3.8) is 0 Å². The highest BCUT2D eigenvalue weighted by Crippen LogP contribution is 2.13. The van der Waals surface area contributed by atoms with Crippen LogP contribution in [-0.2, 0) is 4.74 Å². The van der Waals surface area contributed by atoms with Gasteiger partial charge in [0.05, 0.1) is 0 Å². The molecule has 18 heavy (non-hydrogen) atoms. The Labute approximate surface area is 110 Å². The normalized spacial score (nSPS) is 18.7. The molecule has 0 aromatic rings. The highest BCUT2D eigenvalue weighted by Gasteiger charge is 2.21. The third-order valence-corrected chi connectivity index (χ3v) is 3.07. The molecule has 1 aliphatic heterocycles. The molecule has 0 spiro atoms. The minimum Gasteiger partial charge on any atom is -0.444 e. The van der Waals surface area contributed by atoms with E-state index in [-0.39, 0.29) is 6.09 Å². The first-order chi connectivity index (χ1) is 8.42. The summed E-state index contributed by atoms with van der Waals surface area (Å²) in [5.41, 5.74) is 5.35. The van der Waals surface area contributed by atoms with Gasteiger partial charge in [0.25, 0.3) is 0 Å². The molecule has 106 valence electrons. The summed E-state index contributed by atoms with van der Waals surface area (Å²) in [5.74, 6) is 0. The number of ether oxygens (including phenoxy) is 1. The summed E-state index contributed by atoms with van der Waals surface area (Å²) in [5, 5.41) is 2.78. The van der Waals surface area contributed by atoms with E-state index in [0.717, 1.165) is 19.5 Å². The Bertz CT molecular complexity index is 257. The first kappa shape index (κ1) is 15.2. The molecule has 0 saturated carbocycles. The lowest BCUT2D eigenvalue weighted by Crippen LogP contribution is -2.42. The fraction of sp³-hybridized carbons (Fsp3) is 0.923. The average molecular weight is 257 g/mol. The fourth-order valence-electron chi connectivity index (χ4n) is 2.21. The van der Waals surface area contributed by atoms with E-state index >= 15 is 0 Å². The van der Waals surface area contributed by atoms with Crippen molar-refractivity contribution >= 4 is 6.09 Å². The number of carbonyl (C=O) groups is 1. The molecule has 1 saturated heterocycles. The van der Waals surface area contributed by atoms with Gasteiger partial charge in [-0.15, -0.1) is 0 Å². The fourth-order valence-corrected chi connectivity index (χ4v) is 2.21. The number of amides is 1. The lowest BCUT2D eigenvalue weighted by Gasteiger charge is -2.26. The molecule has 1 unspecified atom stereocenters. The first-order valence-electron chi connectivity index (χ1n) is 6.83. The van der Waals surface area contributed by atoms with Crippen molar-refractivity contribution < 1.29 is 9.53 Å². The monoisotopic (exact) mass is 257 g/mol. The zero-order valence-corrected chi connectivity index (χ0v) is 11.9. The molecule has 0 radical (unpaired) electrons. The third-order valence-electron chi connectivity index (χ3n) is 3.07. The molecule has 1 rings (SSSR count). The highest BCUT2D eigenvalue weighted by molar-refractivity contribution is 5.67. The van der Waals surface area contributed by atoms with Crippen LogP contribution in [-0.4, -0.2) is 48.8 Å². The van der Waals surface area contributed by atoms with Gasteiger partial charge in [0.1, 0.15) is 5.60 Å². The van der Waals surface area contributed by atoms with Gasteiger partial charge in [0.2, 0.25) is 0 Å². The van der Waals surface area contributed by atoms with Gasteiger partial charge in [0, 0.05) is 19.1 Å². The van der Waals surface area contributed by atoms with Gasteiger partial charge in [-0.2, -0.15) is 0 Å². The second kappa shape index (κ2) is 6.95. The minimum absolute atomic E-state index is 0.348. The summed E-state index contributed by atoms with van der Waals surface area (Å²) < 4.78 is 5.18. The van der Waals surface area contributed by atoms with Crippen molar-refractivity contribution in [1.82, 2.24) is 10.2 Å². The Hall–Kier alpha value is -0.810. The number of nitrogens with one attached hydrogen (secondary N) is 1. The van der Waals surface area contributed by atoms with Crippen LogP contribution >= 0.6 is 0 Å². The van der Waals surface area contributed by atoms with E-state index in [0.29, 0.717) is 19.1 Å². The SMILES string of the molecule is CC(C)(C)OC(=O)NCCC(CN)N1CCCC1. The van der Waals surface area contributed by atoms with E-state index in [2.05, 4.69) is 10.2 Å². The Morgan fingerprint density at radius 2 is 2.00 bits per heavy atom. The minimum atomic E-state index is -0.438. The maximum atomic E-state index is 11.5. The van der Waals surface area contributed by atoms with E-state index in [4.69, 9.17) is 10.5 Å². The molecular formula is C13H27N3O2.